The van der Waals surface area contributed by atoms with Crippen molar-refractivity contribution < 1.29 is 31.5 Å². The number of nitrogens with one attached hydrogen (secondary N) is 1. The molecule has 164 valence electrons. The van der Waals surface area contributed by atoms with E-state index >= 15 is 0 Å². The highest BCUT2D eigenvalue weighted by atomic mass is 19.4. The Balaban J connectivity index is 1.67. The van der Waals surface area contributed by atoms with Crippen molar-refractivity contribution in [1.82, 2.24) is 14.8 Å². The number of hydrogen-bond acceptors (Lipinski definition) is 3. The van der Waals surface area contributed by atoms with Crippen molar-refractivity contribution in [3.05, 3.63) is 47.7 Å². The molecule has 1 aliphatic heterocycles. The van der Waals surface area contributed by atoms with Gasteiger partial charge in [0.1, 0.15) is 6.04 Å². The summed E-state index contributed by atoms with van der Waals surface area (Å²) in [6.45, 7) is -1.46. The van der Waals surface area contributed by atoms with Gasteiger partial charge in [-0.2, -0.15) is 18.4 Å². The molecule has 1 fully saturated rings. The third-order valence-corrected chi connectivity index (χ3v) is 4.91. The van der Waals surface area contributed by atoms with E-state index in [1.54, 1.807) is 13.1 Å². The molecule has 1 aromatic heterocycles. The predicted octanol–water partition coefficient (Wildman–Crippen LogP) is 3.20. The number of aromatic nitrogens is 1. The lowest BCUT2D eigenvalue weighted by atomic mass is 10.1. The number of carbonyl (C=O) groups excluding carboxylic acids is 2. The largest absolute Gasteiger partial charge is 0.416 e. The maximum Gasteiger partial charge on any atom is 0.416 e. The standard InChI is InChI=1S/C20H17F5N4O2/c1-28-10-13(6-16(28)12-2-4-14(5-3-12)20(23,24)25)18(31)27-9-17(30)29-11-19(21,22)7-15(29)8-26/h2-6,10,15H,7,9,11H2,1H3,(H,27,31)/t15-/m0/s1. The first kappa shape index (κ1) is 22.3. The van der Waals surface area contributed by atoms with Crippen molar-refractivity contribution in [2.75, 3.05) is 13.1 Å². The Hall–Kier alpha value is -3.42. The van der Waals surface area contributed by atoms with Gasteiger partial charge in [-0.1, -0.05) is 12.1 Å². The lowest BCUT2D eigenvalue weighted by Crippen LogP contribution is -2.42. The van der Waals surface area contributed by atoms with Crippen molar-refractivity contribution in [2.45, 2.75) is 24.6 Å². The van der Waals surface area contributed by atoms with Gasteiger partial charge in [-0.05, 0) is 23.8 Å². The van der Waals surface area contributed by atoms with E-state index in [-0.39, 0.29) is 5.56 Å². The van der Waals surface area contributed by atoms with E-state index in [0.717, 1.165) is 17.0 Å². The van der Waals surface area contributed by atoms with Crippen LogP contribution < -0.4 is 5.32 Å². The van der Waals surface area contributed by atoms with Crippen molar-refractivity contribution in [1.29, 1.82) is 5.26 Å². The second-order valence-electron chi connectivity index (χ2n) is 7.21. The molecule has 1 saturated heterocycles. The highest BCUT2D eigenvalue weighted by Gasteiger charge is 2.47. The fraction of sp³-hybridized carbons (Fsp3) is 0.350. The number of carbonyl (C=O) groups is 2. The zero-order valence-electron chi connectivity index (χ0n) is 16.2. The number of hydrogen-bond donors (Lipinski definition) is 1. The quantitative estimate of drug-likeness (QED) is 0.742. The van der Waals surface area contributed by atoms with E-state index in [4.69, 9.17) is 5.26 Å². The maximum atomic E-state index is 13.5. The van der Waals surface area contributed by atoms with E-state index in [0.29, 0.717) is 11.3 Å². The number of nitriles is 1. The van der Waals surface area contributed by atoms with Gasteiger partial charge in [-0.3, -0.25) is 9.59 Å². The summed E-state index contributed by atoms with van der Waals surface area (Å²) >= 11 is 0. The maximum absolute atomic E-state index is 13.5. The summed E-state index contributed by atoms with van der Waals surface area (Å²) in [4.78, 5) is 25.3. The van der Waals surface area contributed by atoms with Crippen LogP contribution in [0.5, 0.6) is 0 Å². The molecule has 1 atom stereocenters. The average Bonchev–Trinajstić information content (AvgIpc) is 3.24. The van der Waals surface area contributed by atoms with Gasteiger partial charge in [0.15, 0.2) is 0 Å². The average molecular weight is 440 g/mol. The first-order valence-electron chi connectivity index (χ1n) is 9.10. The van der Waals surface area contributed by atoms with E-state index < -0.39 is 55.0 Å². The second-order valence-corrected chi connectivity index (χ2v) is 7.21. The first-order valence-corrected chi connectivity index (χ1v) is 9.10. The molecule has 0 unspecified atom stereocenters. The number of alkyl halides is 5. The molecule has 0 bridgehead atoms. The number of halogens is 5. The number of likely N-dealkylation sites (tertiary alicyclic amines) is 1. The Bertz CT molecular complexity index is 1040. The number of benzene rings is 1. The third-order valence-electron chi connectivity index (χ3n) is 4.91. The van der Waals surface area contributed by atoms with Crippen molar-refractivity contribution in [3.63, 3.8) is 0 Å². The van der Waals surface area contributed by atoms with Crippen molar-refractivity contribution in [2.24, 2.45) is 7.05 Å². The van der Waals surface area contributed by atoms with Crippen LogP contribution in [-0.4, -0.2) is 46.3 Å². The van der Waals surface area contributed by atoms with Crippen molar-refractivity contribution in [3.8, 4) is 17.3 Å². The summed E-state index contributed by atoms with van der Waals surface area (Å²) in [5, 5.41) is 11.3. The SMILES string of the molecule is Cn1cc(C(=O)NCC(=O)N2CC(F)(F)C[C@H]2C#N)cc1-c1ccc(C(F)(F)F)cc1. The minimum atomic E-state index is -4.46. The highest BCUT2D eigenvalue weighted by Crippen LogP contribution is 2.32. The highest BCUT2D eigenvalue weighted by molar-refractivity contribution is 5.97. The summed E-state index contributed by atoms with van der Waals surface area (Å²) in [6.07, 6.45) is -3.79. The molecule has 11 heteroatoms. The Morgan fingerprint density at radius 1 is 1.26 bits per heavy atom. The predicted molar refractivity (Wildman–Crippen MR) is 98.9 cm³/mol. The van der Waals surface area contributed by atoms with Gasteiger partial charge in [0.05, 0.1) is 30.3 Å². The Morgan fingerprint density at radius 3 is 2.48 bits per heavy atom. The van der Waals surface area contributed by atoms with E-state index in [1.165, 1.54) is 29.0 Å². The minimum absolute atomic E-state index is 0.133. The molecule has 1 aliphatic rings. The molecule has 2 aromatic rings. The zero-order chi connectivity index (χ0) is 23.0. The molecule has 2 amide bonds. The van der Waals surface area contributed by atoms with Gasteiger partial charge < -0.3 is 14.8 Å². The molecule has 6 nitrogen and oxygen atoms in total. The Kier molecular flexibility index (Phi) is 5.76. The molecule has 31 heavy (non-hydrogen) atoms. The van der Waals surface area contributed by atoms with E-state index in [2.05, 4.69) is 5.32 Å². The van der Waals surface area contributed by atoms with Gasteiger partial charge in [0.25, 0.3) is 11.8 Å². The molecule has 0 spiro atoms. The summed E-state index contributed by atoms with van der Waals surface area (Å²) in [7, 11) is 1.60. The van der Waals surface area contributed by atoms with Crippen LogP contribution in [0.2, 0.25) is 0 Å². The van der Waals surface area contributed by atoms with Crippen LogP contribution >= 0.6 is 0 Å². The van der Waals surface area contributed by atoms with Gasteiger partial charge in [-0.25, -0.2) is 8.78 Å². The van der Waals surface area contributed by atoms with Crippen LogP contribution in [0, 0.1) is 11.3 Å². The van der Waals surface area contributed by atoms with Crippen LogP contribution in [0.1, 0.15) is 22.3 Å². The van der Waals surface area contributed by atoms with Crippen LogP contribution in [0.25, 0.3) is 11.3 Å². The Labute approximate surface area is 173 Å². The summed E-state index contributed by atoms with van der Waals surface area (Å²) in [5.74, 6) is -4.63. The second kappa shape index (κ2) is 8.02. The van der Waals surface area contributed by atoms with Gasteiger partial charge in [-0.15, -0.1) is 0 Å². The smallest absolute Gasteiger partial charge is 0.350 e. The molecule has 0 radical (unpaired) electrons. The van der Waals surface area contributed by atoms with Gasteiger partial charge in [0, 0.05) is 25.4 Å². The van der Waals surface area contributed by atoms with Crippen molar-refractivity contribution >= 4 is 11.8 Å². The molecular weight excluding hydrogens is 423 g/mol. The normalized spacial score (nSPS) is 18.0. The molecule has 3 rings (SSSR count). The van der Waals surface area contributed by atoms with Crippen LogP contribution in [0.15, 0.2) is 36.5 Å². The van der Waals surface area contributed by atoms with Crippen LogP contribution in [-0.2, 0) is 18.0 Å². The monoisotopic (exact) mass is 440 g/mol. The topological polar surface area (TPSA) is 78.1 Å². The number of nitrogens with zero attached hydrogens (tertiary/aromatic N) is 3. The van der Waals surface area contributed by atoms with Crippen LogP contribution in [0.4, 0.5) is 22.0 Å². The number of amides is 2. The molecule has 0 saturated carbocycles. The molecular formula is C20H17F5N4O2. The summed E-state index contributed by atoms with van der Waals surface area (Å²) < 4.78 is 66.6. The zero-order valence-corrected chi connectivity index (χ0v) is 16.2. The molecule has 0 aliphatic carbocycles. The van der Waals surface area contributed by atoms with Crippen LogP contribution in [0.3, 0.4) is 0 Å². The molecule has 2 heterocycles. The summed E-state index contributed by atoms with van der Waals surface area (Å²) in [5.41, 5.74) is 0.245. The Morgan fingerprint density at radius 2 is 1.90 bits per heavy atom. The van der Waals surface area contributed by atoms with Gasteiger partial charge >= 0.3 is 6.18 Å². The molecule has 1 N–H and O–H groups in total. The van der Waals surface area contributed by atoms with E-state index in [9.17, 15) is 31.5 Å². The van der Waals surface area contributed by atoms with Gasteiger partial charge in [0.2, 0.25) is 5.91 Å². The first-order chi connectivity index (χ1) is 14.4. The van der Waals surface area contributed by atoms with E-state index in [1.807, 2.05) is 0 Å². The third kappa shape index (κ3) is 4.84. The minimum Gasteiger partial charge on any atom is -0.350 e. The summed E-state index contributed by atoms with van der Waals surface area (Å²) in [6, 6.07) is 6.23. The lowest BCUT2D eigenvalue weighted by Gasteiger charge is -2.19. The molecule has 1 aromatic carbocycles. The lowest BCUT2D eigenvalue weighted by molar-refractivity contribution is -0.137. The fourth-order valence-corrected chi connectivity index (χ4v) is 3.36. The number of aryl methyl sites for hydroxylation is 1. The number of rotatable bonds is 4. The fourth-order valence-electron chi connectivity index (χ4n) is 3.36.